The molecule has 26 heavy (non-hydrogen) atoms. The molecule has 1 aliphatic heterocycles. The van der Waals surface area contributed by atoms with Crippen LogP contribution in [0, 0.1) is 19.8 Å². The fourth-order valence-electron chi connectivity index (χ4n) is 3.68. The third-order valence-corrected chi connectivity index (χ3v) is 5.09. The highest BCUT2D eigenvalue weighted by Crippen LogP contribution is 2.32. The molecule has 1 saturated heterocycles. The summed E-state index contributed by atoms with van der Waals surface area (Å²) in [5, 5.41) is 13.7. The summed E-state index contributed by atoms with van der Waals surface area (Å²) in [7, 11) is 0. The lowest BCUT2D eigenvalue weighted by molar-refractivity contribution is -0.135. The topological polar surface area (TPSA) is 79.5 Å². The zero-order chi connectivity index (χ0) is 18.8. The van der Waals surface area contributed by atoms with E-state index in [9.17, 15) is 9.90 Å². The van der Waals surface area contributed by atoms with E-state index in [1.165, 1.54) is 0 Å². The Morgan fingerprint density at radius 2 is 2.15 bits per heavy atom. The zero-order valence-corrected chi connectivity index (χ0v) is 16.0. The van der Waals surface area contributed by atoms with Crippen molar-refractivity contribution in [3.63, 3.8) is 0 Å². The van der Waals surface area contributed by atoms with E-state index in [1.807, 2.05) is 44.7 Å². The molecule has 0 bridgehead atoms. The van der Waals surface area contributed by atoms with Gasteiger partial charge in [-0.3, -0.25) is 9.78 Å². The van der Waals surface area contributed by atoms with E-state index in [1.54, 1.807) is 0 Å². The molecular formula is C20H27N3O3. The summed E-state index contributed by atoms with van der Waals surface area (Å²) in [4.78, 5) is 19.2. The number of hydrogen-bond acceptors (Lipinski definition) is 5. The number of rotatable bonds is 4. The first-order chi connectivity index (χ1) is 12.4. The van der Waals surface area contributed by atoms with Crippen LogP contribution in [0.25, 0.3) is 11.3 Å². The van der Waals surface area contributed by atoms with Crippen molar-refractivity contribution in [1.82, 2.24) is 15.0 Å². The molecule has 3 rings (SSSR count). The molecule has 2 aromatic rings. The van der Waals surface area contributed by atoms with Crippen LogP contribution >= 0.6 is 0 Å². The van der Waals surface area contributed by atoms with Gasteiger partial charge in [0.2, 0.25) is 5.91 Å². The fraction of sp³-hybridized carbons (Fsp3) is 0.550. The van der Waals surface area contributed by atoms with Crippen molar-refractivity contribution in [2.24, 2.45) is 5.92 Å². The number of carbonyl (C=O) groups excluding carboxylic acids is 1. The summed E-state index contributed by atoms with van der Waals surface area (Å²) in [5.41, 5.74) is 4.06. The van der Waals surface area contributed by atoms with Crippen LogP contribution in [0.5, 0.6) is 0 Å². The van der Waals surface area contributed by atoms with Gasteiger partial charge in [0.15, 0.2) is 0 Å². The fourth-order valence-corrected chi connectivity index (χ4v) is 3.68. The van der Waals surface area contributed by atoms with E-state index < -0.39 is 0 Å². The molecule has 1 aliphatic rings. The summed E-state index contributed by atoms with van der Waals surface area (Å²) < 4.78 is 5.28. The third-order valence-electron chi connectivity index (χ3n) is 5.09. The molecule has 3 heterocycles. The van der Waals surface area contributed by atoms with Crippen molar-refractivity contribution >= 4 is 5.91 Å². The molecule has 1 amide bonds. The minimum Gasteiger partial charge on any atom is -0.392 e. The predicted molar refractivity (Wildman–Crippen MR) is 98.5 cm³/mol. The van der Waals surface area contributed by atoms with Crippen LogP contribution in [0.3, 0.4) is 0 Å². The Bertz CT molecular complexity index is 778. The Morgan fingerprint density at radius 1 is 1.38 bits per heavy atom. The van der Waals surface area contributed by atoms with E-state index in [0.29, 0.717) is 12.3 Å². The van der Waals surface area contributed by atoms with Crippen LogP contribution in [-0.4, -0.2) is 39.1 Å². The van der Waals surface area contributed by atoms with Crippen LogP contribution in [0.1, 0.15) is 55.3 Å². The first kappa shape index (κ1) is 18.6. The van der Waals surface area contributed by atoms with Gasteiger partial charge >= 0.3 is 0 Å². The molecule has 140 valence electrons. The van der Waals surface area contributed by atoms with Crippen LogP contribution in [0.15, 0.2) is 16.7 Å². The number of aromatic nitrogens is 2. The highest BCUT2D eigenvalue weighted by molar-refractivity contribution is 5.78. The maximum Gasteiger partial charge on any atom is 0.225 e. The van der Waals surface area contributed by atoms with E-state index >= 15 is 0 Å². The Hall–Kier alpha value is -2.21. The molecule has 1 N–H and O–H groups in total. The van der Waals surface area contributed by atoms with Crippen LogP contribution < -0.4 is 0 Å². The first-order valence-electron chi connectivity index (χ1n) is 9.25. The van der Waals surface area contributed by atoms with Gasteiger partial charge in [0.1, 0.15) is 5.76 Å². The molecule has 1 fully saturated rings. The summed E-state index contributed by atoms with van der Waals surface area (Å²) >= 11 is 0. The average molecular weight is 357 g/mol. The molecule has 1 atom stereocenters. The van der Waals surface area contributed by atoms with Crippen LogP contribution in [0.4, 0.5) is 0 Å². The lowest BCUT2D eigenvalue weighted by Gasteiger charge is -2.33. The lowest BCUT2D eigenvalue weighted by atomic mass is 9.92. The molecule has 0 spiro atoms. The molecule has 2 aromatic heterocycles. The van der Waals surface area contributed by atoms with Crippen molar-refractivity contribution in [2.75, 3.05) is 13.1 Å². The Morgan fingerprint density at radius 3 is 2.77 bits per heavy atom. The lowest BCUT2D eigenvalue weighted by Crippen LogP contribution is -2.41. The number of aliphatic hydroxyl groups is 1. The smallest absolute Gasteiger partial charge is 0.225 e. The van der Waals surface area contributed by atoms with Gasteiger partial charge in [0, 0.05) is 36.2 Å². The number of pyridine rings is 1. The monoisotopic (exact) mass is 357 g/mol. The van der Waals surface area contributed by atoms with Gasteiger partial charge in [-0.25, -0.2) is 0 Å². The standard InChI is InChI=1S/C20H27N3O3/c1-12(2)20(25)23-9-5-6-15(10-23)17-8-7-16(11-24)19(21-17)18-13(3)22-26-14(18)4/h7-8,12,15,24H,5-6,9-11H2,1-4H3/t15-/m1/s1. The number of likely N-dealkylation sites (tertiary alicyclic amines) is 1. The van der Waals surface area contributed by atoms with Crippen molar-refractivity contribution < 1.29 is 14.4 Å². The van der Waals surface area contributed by atoms with E-state index in [2.05, 4.69) is 5.16 Å². The van der Waals surface area contributed by atoms with Crippen molar-refractivity contribution in [1.29, 1.82) is 0 Å². The van der Waals surface area contributed by atoms with E-state index in [0.717, 1.165) is 47.6 Å². The van der Waals surface area contributed by atoms with Gasteiger partial charge in [-0.05, 0) is 32.8 Å². The Kier molecular flexibility index (Phi) is 5.41. The quantitative estimate of drug-likeness (QED) is 0.909. The van der Waals surface area contributed by atoms with E-state index in [4.69, 9.17) is 9.51 Å². The second kappa shape index (κ2) is 7.58. The van der Waals surface area contributed by atoms with E-state index in [-0.39, 0.29) is 24.3 Å². The first-order valence-corrected chi connectivity index (χ1v) is 9.25. The zero-order valence-electron chi connectivity index (χ0n) is 16.0. The molecular weight excluding hydrogens is 330 g/mol. The van der Waals surface area contributed by atoms with Gasteiger partial charge < -0.3 is 14.5 Å². The highest BCUT2D eigenvalue weighted by atomic mass is 16.5. The number of amides is 1. The number of aliphatic hydroxyl groups excluding tert-OH is 1. The van der Waals surface area contributed by atoms with Gasteiger partial charge in [0.05, 0.1) is 23.6 Å². The molecule has 0 radical (unpaired) electrons. The van der Waals surface area contributed by atoms with Gasteiger partial charge in [-0.15, -0.1) is 0 Å². The molecule has 6 nitrogen and oxygen atoms in total. The SMILES string of the molecule is Cc1noc(C)c1-c1nc([C@@H]2CCCN(C(=O)C(C)C)C2)ccc1CO. The number of piperidine rings is 1. The average Bonchev–Trinajstić information content (AvgIpc) is 2.98. The Balaban J connectivity index is 1.94. The summed E-state index contributed by atoms with van der Waals surface area (Å²) in [6, 6.07) is 3.90. The number of nitrogens with zero attached hydrogens (tertiary/aromatic N) is 3. The minimum atomic E-state index is -0.0880. The van der Waals surface area contributed by atoms with Gasteiger partial charge in [-0.1, -0.05) is 25.1 Å². The highest BCUT2D eigenvalue weighted by Gasteiger charge is 2.28. The molecule has 0 saturated carbocycles. The second-order valence-corrected chi connectivity index (χ2v) is 7.38. The molecule has 0 aliphatic carbocycles. The summed E-state index contributed by atoms with van der Waals surface area (Å²) in [6.45, 7) is 9.04. The molecule has 6 heteroatoms. The maximum absolute atomic E-state index is 12.4. The molecule has 0 unspecified atom stereocenters. The second-order valence-electron chi connectivity index (χ2n) is 7.38. The van der Waals surface area contributed by atoms with Crippen LogP contribution in [-0.2, 0) is 11.4 Å². The predicted octanol–water partition coefficient (Wildman–Crippen LogP) is 3.21. The van der Waals surface area contributed by atoms with Crippen molar-refractivity contribution in [3.8, 4) is 11.3 Å². The van der Waals surface area contributed by atoms with Crippen LogP contribution in [0.2, 0.25) is 0 Å². The summed E-state index contributed by atoms with van der Waals surface area (Å²) in [5.74, 6) is 1.12. The molecule has 0 aromatic carbocycles. The third kappa shape index (κ3) is 3.51. The normalized spacial score (nSPS) is 17.8. The van der Waals surface area contributed by atoms with Gasteiger partial charge in [-0.2, -0.15) is 0 Å². The van der Waals surface area contributed by atoms with Crippen molar-refractivity contribution in [2.45, 2.75) is 53.1 Å². The number of carbonyl (C=O) groups is 1. The largest absolute Gasteiger partial charge is 0.392 e. The number of aryl methyl sites for hydroxylation is 2. The summed E-state index contributed by atoms with van der Waals surface area (Å²) in [6.07, 6.45) is 1.99. The Labute approximate surface area is 154 Å². The van der Waals surface area contributed by atoms with Crippen molar-refractivity contribution in [3.05, 3.63) is 34.8 Å². The number of hydrogen-bond donors (Lipinski definition) is 1. The maximum atomic E-state index is 12.4. The van der Waals surface area contributed by atoms with Gasteiger partial charge in [0.25, 0.3) is 0 Å². The minimum absolute atomic E-state index is 0.0105.